The second-order valence-electron chi connectivity index (χ2n) is 16.4. The molecule has 1 unspecified atom stereocenters. The number of para-hydroxylation sites is 1. The smallest absolute Gasteiger partial charge is 0.0547 e. The number of aromatic nitrogens is 2. The lowest BCUT2D eigenvalue weighted by atomic mass is 9.87. The summed E-state index contributed by atoms with van der Waals surface area (Å²) in [6, 6.07) is 34.6. The second kappa shape index (κ2) is 14.0. The molecule has 0 amide bonds. The summed E-state index contributed by atoms with van der Waals surface area (Å²) in [5.74, 6) is 0.418. The fourth-order valence-electron chi connectivity index (χ4n) is 10.3. The van der Waals surface area contributed by atoms with Crippen LogP contribution in [-0.4, -0.2) is 9.13 Å². The molecule has 0 spiro atoms. The SMILES string of the molecule is C1=CCC(c2cccc(-n3c4ccccc4c4ccc(C5=Cc6c(c7c(n6C6=CC=C(c8cccc(C9=CCCC=C9)c8)CC6)CCCC7)CC5)cc43)c2)C=C1. The molecule has 5 aliphatic carbocycles. The van der Waals surface area contributed by atoms with Crippen LogP contribution in [0.4, 0.5) is 0 Å². The molecule has 4 aromatic carbocycles. The molecular formula is C54H48N2. The summed E-state index contributed by atoms with van der Waals surface area (Å²) in [5.41, 5.74) is 21.2. The van der Waals surface area contributed by atoms with E-state index >= 15 is 0 Å². The van der Waals surface area contributed by atoms with Gasteiger partial charge in [0.15, 0.2) is 0 Å². The van der Waals surface area contributed by atoms with Crippen LogP contribution in [0.15, 0.2) is 146 Å². The van der Waals surface area contributed by atoms with Gasteiger partial charge in [-0.3, -0.25) is 0 Å². The van der Waals surface area contributed by atoms with E-state index < -0.39 is 0 Å². The van der Waals surface area contributed by atoms with E-state index in [0.717, 1.165) is 44.9 Å². The van der Waals surface area contributed by atoms with Gasteiger partial charge in [-0.05, 0) is 163 Å². The summed E-state index contributed by atoms with van der Waals surface area (Å²) in [5, 5.41) is 2.63. The highest BCUT2D eigenvalue weighted by atomic mass is 15.0. The molecule has 6 aromatic rings. The first kappa shape index (κ1) is 33.5. The summed E-state index contributed by atoms with van der Waals surface area (Å²) < 4.78 is 5.21. The zero-order valence-corrected chi connectivity index (χ0v) is 32.2. The number of rotatable bonds is 6. The van der Waals surface area contributed by atoms with E-state index in [2.05, 4.69) is 161 Å². The molecule has 5 aliphatic rings. The molecule has 2 nitrogen and oxygen atoms in total. The van der Waals surface area contributed by atoms with Crippen molar-refractivity contribution >= 4 is 50.3 Å². The molecule has 0 saturated carbocycles. The summed E-state index contributed by atoms with van der Waals surface area (Å²) in [4.78, 5) is 0. The maximum atomic E-state index is 2.71. The highest BCUT2D eigenvalue weighted by molar-refractivity contribution is 6.10. The molecule has 0 saturated heterocycles. The Labute approximate surface area is 330 Å². The van der Waals surface area contributed by atoms with E-state index in [1.165, 1.54) is 104 Å². The number of fused-ring (bicyclic) bond motifs is 6. The number of allylic oxidation sites excluding steroid dienone is 13. The Morgan fingerprint density at radius 1 is 0.571 bits per heavy atom. The zero-order valence-electron chi connectivity index (χ0n) is 32.2. The van der Waals surface area contributed by atoms with Crippen molar-refractivity contribution in [3.05, 3.63) is 190 Å². The molecule has 11 rings (SSSR count). The van der Waals surface area contributed by atoms with E-state index in [-0.39, 0.29) is 0 Å². The summed E-state index contributed by atoms with van der Waals surface area (Å²) in [6.07, 6.45) is 36.1. The van der Waals surface area contributed by atoms with E-state index in [4.69, 9.17) is 0 Å². The Morgan fingerprint density at radius 3 is 2.34 bits per heavy atom. The molecule has 2 heterocycles. The van der Waals surface area contributed by atoms with E-state index in [1.54, 1.807) is 16.8 Å². The minimum atomic E-state index is 0.418. The largest absolute Gasteiger partial charge is 0.317 e. The molecular weight excluding hydrogens is 677 g/mol. The van der Waals surface area contributed by atoms with Crippen LogP contribution in [0, 0.1) is 0 Å². The van der Waals surface area contributed by atoms with Gasteiger partial charge in [-0.2, -0.15) is 0 Å². The van der Waals surface area contributed by atoms with Gasteiger partial charge in [0.25, 0.3) is 0 Å². The number of hydrogen-bond donors (Lipinski definition) is 0. The van der Waals surface area contributed by atoms with Crippen LogP contribution in [0.25, 0.3) is 56.0 Å². The summed E-state index contributed by atoms with van der Waals surface area (Å²) in [7, 11) is 0. The van der Waals surface area contributed by atoms with E-state index in [1.807, 2.05) is 0 Å². The van der Waals surface area contributed by atoms with Crippen molar-refractivity contribution in [1.29, 1.82) is 0 Å². The average molecular weight is 725 g/mol. The lowest BCUT2D eigenvalue weighted by molar-refractivity contribution is 0.659. The molecule has 56 heavy (non-hydrogen) atoms. The average Bonchev–Trinajstić information content (AvgIpc) is 3.79. The maximum Gasteiger partial charge on any atom is 0.0547 e. The first-order valence-corrected chi connectivity index (χ1v) is 21.1. The predicted octanol–water partition coefficient (Wildman–Crippen LogP) is 14.0. The summed E-state index contributed by atoms with van der Waals surface area (Å²) in [6.45, 7) is 0. The minimum absolute atomic E-state index is 0.418. The van der Waals surface area contributed by atoms with Crippen molar-refractivity contribution in [2.45, 2.75) is 76.5 Å². The second-order valence-corrected chi connectivity index (χ2v) is 16.4. The third-order valence-corrected chi connectivity index (χ3v) is 13.1. The lowest BCUT2D eigenvalue weighted by Crippen LogP contribution is -2.10. The monoisotopic (exact) mass is 724 g/mol. The Bertz CT molecular complexity index is 2780. The third-order valence-electron chi connectivity index (χ3n) is 13.1. The van der Waals surface area contributed by atoms with Gasteiger partial charge in [0.2, 0.25) is 0 Å². The van der Waals surface area contributed by atoms with Crippen LogP contribution >= 0.6 is 0 Å². The van der Waals surface area contributed by atoms with Crippen LogP contribution < -0.4 is 0 Å². The van der Waals surface area contributed by atoms with Gasteiger partial charge >= 0.3 is 0 Å². The Balaban J connectivity index is 0.991. The zero-order chi connectivity index (χ0) is 37.0. The fraction of sp³-hybridized carbons (Fsp3) is 0.222. The first-order valence-electron chi connectivity index (χ1n) is 21.1. The minimum Gasteiger partial charge on any atom is -0.317 e. The van der Waals surface area contributed by atoms with Crippen molar-refractivity contribution in [2.75, 3.05) is 0 Å². The molecule has 0 aliphatic heterocycles. The maximum absolute atomic E-state index is 2.71. The standard InChI is InChI=1S/C54H48N2/c1-3-13-37(14-4-1)40-17-11-18-41(33-40)39-25-29-45(30-26-39)55-51-23-9-7-21-47(51)49-31-27-43(35-53(49)55)44-28-32-50-48-22-8-10-24-52(48)56(54(50)36-44)46-20-12-19-42(34-46)38-15-5-2-6-16-38/h2-3,5-6,8,10-15,17-20,22,24-25,28-29,32-36,38H,1,4,7,9,16,21,23,26-27,30-31H2. The van der Waals surface area contributed by atoms with Gasteiger partial charge in [0.05, 0.1) is 11.0 Å². The molecule has 0 N–H and O–H groups in total. The van der Waals surface area contributed by atoms with Crippen LogP contribution in [0.2, 0.25) is 0 Å². The van der Waals surface area contributed by atoms with Crippen LogP contribution in [0.5, 0.6) is 0 Å². The number of hydrogen-bond acceptors (Lipinski definition) is 0. The molecule has 2 aromatic heterocycles. The lowest BCUT2D eigenvalue weighted by Gasteiger charge is -2.23. The van der Waals surface area contributed by atoms with Gasteiger partial charge in [0.1, 0.15) is 0 Å². The third kappa shape index (κ3) is 5.77. The Kier molecular flexibility index (Phi) is 8.38. The Hall–Kier alpha value is -5.86. The highest BCUT2D eigenvalue weighted by Crippen LogP contribution is 2.43. The molecule has 0 bridgehead atoms. The van der Waals surface area contributed by atoms with E-state index in [9.17, 15) is 0 Å². The quantitative estimate of drug-likeness (QED) is 0.162. The predicted molar refractivity (Wildman–Crippen MR) is 238 cm³/mol. The molecule has 0 radical (unpaired) electrons. The van der Waals surface area contributed by atoms with Crippen molar-refractivity contribution in [3.8, 4) is 5.69 Å². The topological polar surface area (TPSA) is 9.86 Å². The first-order chi connectivity index (χ1) is 27.8. The molecule has 0 fully saturated rings. The van der Waals surface area contributed by atoms with Gasteiger partial charge in [-0.1, -0.05) is 109 Å². The fourth-order valence-corrected chi connectivity index (χ4v) is 10.3. The van der Waals surface area contributed by atoms with Crippen molar-refractivity contribution in [2.24, 2.45) is 0 Å². The van der Waals surface area contributed by atoms with Crippen molar-refractivity contribution in [3.63, 3.8) is 0 Å². The summed E-state index contributed by atoms with van der Waals surface area (Å²) >= 11 is 0. The van der Waals surface area contributed by atoms with Crippen molar-refractivity contribution in [1.82, 2.24) is 9.13 Å². The highest BCUT2D eigenvalue weighted by Gasteiger charge is 2.29. The molecule has 274 valence electrons. The number of nitrogens with zero attached hydrogens (tertiary/aromatic N) is 2. The van der Waals surface area contributed by atoms with Gasteiger partial charge in [0, 0.05) is 39.5 Å². The van der Waals surface area contributed by atoms with Crippen LogP contribution in [-0.2, 0) is 19.3 Å². The normalized spacial score (nSPS) is 19.0. The van der Waals surface area contributed by atoms with Crippen LogP contribution in [0.3, 0.4) is 0 Å². The van der Waals surface area contributed by atoms with Crippen LogP contribution in [0.1, 0.15) is 102 Å². The van der Waals surface area contributed by atoms with Gasteiger partial charge in [-0.15, -0.1) is 0 Å². The molecule has 2 heteroatoms. The van der Waals surface area contributed by atoms with Crippen molar-refractivity contribution < 1.29 is 0 Å². The van der Waals surface area contributed by atoms with E-state index in [0.29, 0.717) is 5.92 Å². The molecule has 1 atom stereocenters. The van der Waals surface area contributed by atoms with Gasteiger partial charge < -0.3 is 9.13 Å². The van der Waals surface area contributed by atoms with Gasteiger partial charge in [-0.25, -0.2) is 0 Å². The number of benzene rings is 4. The Morgan fingerprint density at radius 2 is 1.45 bits per heavy atom.